The molecule has 0 fully saturated rings. The lowest BCUT2D eigenvalue weighted by Crippen LogP contribution is -2.13. The van der Waals surface area contributed by atoms with Gasteiger partial charge in [-0.25, -0.2) is 18.4 Å². The standard InChI is InChI=1S/C18H16F2O5/c1-2-3-8-24-18(23)25-16-7-4-11(9-14(16)17(21)22)13-6-5-12(19)10-15(13)20/h4-7,9-10H,2-3,8H2,1H3,(H,21,22). The molecular weight excluding hydrogens is 334 g/mol. The van der Waals surface area contributed by atoms with Gasteiger partial charge in [0.1, 0.15) is 22.9 Å². The molecule has 0 aliphatic carbocycles. The molecule has 0 unspecified atom stereocenters. The van der Waals surface area contributed by atoms with E-state index in [9.17, 15) is 23.5 Å². The van der Waals surface area contributed by atoms with Crippen molar-refractivity contribution in [3.8, 4) is 16.9 Å². The van der Waals surface area contributed by atoms with Crippen LogP contribution in [-0.4, -0.2) is 23.8 Å². The van der Waals surface area contributed by atoms with Crippen molar-refractivity contribution in [2.45, 2.75) is 19.8 Å². The Morgan fingerprint density at radius 1 is 1.12 bits per heavy atom. The maximum absolute atomic E-state index is 13.9. The third kappa shape index (κ3) is 4.76. The maximum atomic E-state index is 13.9. The summed E-state index contributed by atoms with van der Waals surface area (Å²) < 4.78 is 36.6. The molecule has 0 radical (unpaired) electrons. The number of carbonyl (C=O) groups is 2. The van der Waals surface area contributed by atoms with Crippen molar-refractivity contribution < 1.29 is 33.0 Å². The molecule has 0 saturated carbocycles. The van der Waals surface area contributed by atoms with Gasteiger partial charge < -0.3 is 14.6 Å². The molecule has 0 saturated heterocycles. The average Bonchev–Trinajstić information content (AvgIpc) is 2.55. The molecule has 0 aliphatic heterocycles. The molecule has 0 amide bonds. The third-order valence-corrected chi connectivity index (χ3v) is 3.36. The largest absolute Gasteiger partial charge is 0.513 e. The van der Waals surface area contributed by atoms with Crippen LogP contribution in [-0.2, 0) is 4.74 Å². The minimum absolute atomic E-state index is 0.0287. The third-order valence-electron chi connectivity index (χ3n) is 3.36. The van der Waals surface area contributed by atoms with Gasteiger partial charge in [-0.3, -0.25) is 0 Å². The minimum atomic E-state index is -1.36. The first-order valence-electron chi connectivity index (χ1n) is 7.59. The number of benzene rings is 2. The fraction of sp³-hybridized carbons (Fsp3) is 0.222. The second-order valence-electron chi connectivity index (χ2n) is 5.19. The van der Waals surface area contributed by atoms with Crippen LogP contribution in [0.5, 0.6) is 5.75 Å². The van der Waals surface area contributed by atoms with Gasteiger partial charge >= 0.3 is 12.1 Å². The molecule has 0 atom stereocenters. The van der Waals surface area contributed by atoms with Crippen molar-refractivity contribution in [3.63, 3.8) is 0 Å². The summed E-state index contributed by atoms with van der Waals surface area (Å²) >= 11 is 0. The topological polar surface area (TPSA) is 72.8 Å². The van der Waals surface area contributed by atoms with E-state index >= 15 is 0 Å². The Hall–Kier alpha value is -2.96. The van der Waals surface area contributed by atoms with E-state index in [1.807, 2.05) is 6.92 Å². The van der Waals surface area contributed by atoms with Gasteiger partial charge in [-0.2, -0.15) is 0 Å². The highest BCUT2D eigenvalue weighted by atomic mass is 19.1. The van der Waals surface area contributed by atoms with Crippen LogP contribution >= 0.6 is 0 Å². The Morgan fingerprint density at radius 2 is 1.88 bits per heavy atom. The Labute approximate surface area is 142 Å². The summed E-state index contributed by atoms with van der Waals surface area (Å²) in [6.45, 7) is 2.08. The molecule has 7 heteroatoms. The monoisotopic (exact) mass is 350 g/mol. The second-order valence-corrected chi connectivity index (χ2v) is 5.19. The first-order chi connectivity index (χ1) is 11.9. The Bertz CT molecular complexity index is 789. The Balaban J connectivity index is 2.28. The van der Waals surface area contributed by atoms with E-state index in [-0.39, 0.29) is 29.0 Å². The minimum Gasteiger partial charge on any atom is -0.478 e. The molecule has 132 valence electrons. The molecule has 0 aromatic heterocycles. The molecule has 0 spiro atoms. The van der Waals surface area contributed by atoms with Gasteiger partial charge in [0.25, 0.3) is 0 Å². The van der Waals surface area contributed by atoms with Gasteiger partial charge in [0, 0.05) is 11.6 Å². The molecular formula is C18H16F2O5. The molecule has 2 aromatic carbocycles. The second kappa shape index (κ2) is 8.23. The lowest BCUT2D eigenvalue weighted by atomic mass is 10.0. The van der Waals surface area contributed by atoms with Gasteiger partial charge in [-0.1, -0.05) is 19.4 Å². The van der Waals surface area contributed by atoms with Crippen LogP contribution in [0.2, 0.25) is 0 Å². The zero-order valence-electron chi connectivity index (χ0n) is 13.4. The predicted octanol–water partition coefficient (Wildman–Crippen LogP) is 4.65. The number of hydrogen-bond acceptors (Lipinski definition) is 4. The van der Waals surface area contributed by atoms with Gasteiger partial charge in [-0.05, 0) is 36.2 Å². The Morgan fingerprint density at radius 3 is 2.52 bits per heavy atom. The van der Waals surface area contributed by atoms with Crippen molar-refractivity contribution in [1.82, 2.24) is 0 Å². The number of ether oxygens (including phenoxy) is 2. The van der Waals surface area contributed by atoms with Crippen molar-refractivity contribution in [1.29, 1.82) is 0 Å². The molecule has 0 heterocycles. The van der Waals surface area contributed by atoms with Crippen molar-refractivity contribution in [2.75, 3.05) is 6.61 Å². The van der Waals surface area contributed by atoms with E-state index in [4.69, 9.17) is 9.47 Å². The predicted molar refractivity (Wildman–Crippen MR) is 85.6 cm³/mol. The lowest BCUT2D eigenvalue weighted by Gasteiger charge is -2.10. The summed E-state index contributed by atoms with van der Waals surface area (Å²) in [6, 6.07) is 6.71. The smallest absolute Gasteiger partial charge is 0.478 e. The summed E-state index contributed by atoms with van der Waals surface area (Å²) in [7, 11) is 0. The van der Waals surface area contributed by atoms with Crippen LogP contribution < -0.4 is 4.74 Å². The average molecular weight is 350 g/mol. The van der Waals surface area contributed by atoms with E-state index in [0.29, 0.717) is 12.5 Å². The van der Waals surface area contributed by atoms with Crippen LogP contribution in [0.1, 0.15) is 30.1 Å². The first-order valence-corrected chi connectivity index (χ1v) is 7.59. The van der Waals surface area contributed by atoms with Gasteiger partial charge in [-0.15, -0.1) is 0 Å². The SMILES string of the molecule is CCCCOC(=O)Oc1ccc(-c2ccc(F)cc2F)cc1C(=O)O. The van der Waals surface area contributed by atoms with Crippen LogP contribution in [0.3, 0.4) is 0 Å². The van der Waals surface area contributed by atoms with Crippen molar-refractivity contribution in [2.24, 2.45) is 0 Å². The lowest BCUT2D eigenvalue weighted by molar-refractivity contribution is 0.0689. The summed E-state index contributed by atoms with van der Waals surface area (Å²) in [5, 5.41) is 9.29. The van der Waals surface area contributed by atoms with Crippen LogP contribution in [0, 0.1) is 11.6 Å². The van der Waals surface area contributed by atoms with Gasteiger partial charge in [0.05, 0.1) is 6.61 Å². The van der Waals surface area contributed by atoms with E-state index in [1.165, 1.54) is 18.2 Å². The fourth-order valence-electron chi connectivity index (χ4n) is 2.10. The normalized spacial score (nSPS) is 10.4. The Kier molecular flexibility index (Phi) is 6.05. The highest BCUT2D eigenvalue weighted by Gasteiger charge is 2.18. The molecule has 5 nitrogen and oxygen atoms in total. The summed E-state index contributed by atoms with van der Waals surface area (Å²) in [5.74, 6) is -3.15. The first kappa shape index (κ1) is 18.4. The summed E-state index contributed by atoms with van der Waals surface area (Å²) in [4.78, 5) is 23.0. The summed E-state index contributed by atoms with van der Waals surface area (Å²) in [5.41, 5.74) is -0.101. The number of carboxylic acid groups (broad SMARTS) is 1. The molecule has 0 bridgehead atoms. The van der Waals surface area contributed by atoms with Crippen LogP contribution in [0.15, 0.2) is 36.4 Å². The number of hydrogen-bond donors (Lipinski definition) is 1. The maximum Gasteiger partial charge on any atom is 0.513 e. The van der Waals surface area contributed by atoms with Crippen LogP contribution in [0.25, 0.3) is 11.1 Å². The highest BCUT2D eigenvalue weighted by Crippen LogP contribution is 2.29. The quantitative estimate of drug-likeness (QED) is 0.466. The fourth-order valence-corrected chi connectivity index (χ4v) is 2.10. The number of aromatic carboxylic acids is 1. The number of rotatable bonds is 6. The number of carbonyl (C=O) groups excluding carboxylic acids is 1. The highest BCUT2D eigenvalue weighted by molar-refractivity contribution is 5.93. The van der Waals surface area contributed by atoms with E-state index in [0.717, 1.165) is 18.6 Å². The van der Waals surface area contributed by atoms with Crippen molar-refractivity contribution in [3.05, 3.63) is 53.6 Å². The van der Waals surface area contributed by atoms with E-state index < -0.39 is 23.8 Å². The number of halogens is 2. The zero-order valence-corrected chi connectivity index (χ0v) is 13.4. The number of unbranched alkanes of at least 4 members (excludes halogenated alkanes) is 1. The van der Waals surface area contributed by atoms with E-state index in [2.05, 4.69) is 0 Å². The van der Waals surface area contributed by atoms with Gasteiger partial charge in [0.2, 0.25) is 0 Å². The molecule has 25 heavy (non-hydrogen) atoms. The molecule has 2 aromatic rings. The van der Waals surface area contributed by atoms with Crippen molar-refractivity contribution >= 4 is 12.1 Å². The van der Waals surface area contributed by atoms with Crippen LogP contribution in [0.4, 0.5) is 13.6 Å². The molecule has 0 aliphatic rings. The molecule has 2 rings (SSSR count). The zero-order chi connectivity index (χ0) is 18.4. The molecule has 1 N–H and O–H groups in total. The van der Waals surface area contributed by atoms with Gasteiger partial charge in [0.15, 0.2) is 0 Å². The summed E-state index contributed by atoms with van der Waals surface area (Å²) in [6.07, 6.45) is 0.464. The van der Waals surface area contributed by atoms with E-state index in [1.54, 1.807) is 0 Å². The number of carboxylic acids is 1.